The van der Waals surface area contributed by atoms with Gasteiger partial charge in [0.25, 0.3) is 0 Å². The number of fused-ring (bicyclic) bond motifs is 2. The van der Waals surface area contributed by atoms with Gasteiger partial charge >= 0.3 is 5.97 Å². The second-order valence-corrected chi connectivity index (χ2v) is 9.81. The zero-order valence-electron chi connectivity index (χ0n) is 23.9. The molecule has 1 atom stereocenters. The highest BCUT2D eigenvalue weighted by atomic mass is 16.5. The van der Waals surface area contributed by atoms with Crippen LogP contribution in [0.2, 0.25) is 0 Å². The van der Waals surface area contributed by atoms with E-state index < -0.39 is 35.3 Å². The molecule has 1 unspecified atom stereocenters. The predicted molar refractivity (Wildman–Crippen MR) is 156 cm³/mol. The molecule has 2 aromatic heterocycles. The lowest BCUT2D eigenvalue weighted by molar-refractivity contribution is -0.119. The Kier molecular flexibility index (Phi) is 10.8. The van der Waals surface area contributed by atoms with Crippen molar-refractivity contribution in [1.29, 1.82) is 0 Å². The Bertz CT molecular complexity index is 1800. The summed E-state index contributed by atoms with van der Waals surface area (Å²) in [6, 6.07) is 11.0. The van der Waals surface area contributed by atoms with Crippen molar-refractivity contribution in [3.8, 4) is 11.5 Å². The van der Waals surface area contributed by atoms with Gasteiger partial charge in [0.05, 0.1) is 0 Å². The van der Waals surface area contributed by atoms with E-state index in [-0.39, 0.29) is 76.8 Å². The third-order valence-corrected chi connectivity index (χ3v) is 6.49. The van der Waals surface area contributed by atoms with Crippen molar-refractivity contribution in [2.45, 2.75) is 45.1 Å². The lowest BCUT2D eigenvalue weighted by Crippen LogP contribution is -2.25. The van der Waals surface area contributed by atoms with Gasteiger partial charge in [0.2, 0.25) is 5.76 Å². The summed E-state index contributed by atoms with van der Waals surface area (Å²) in [5, 5.41) is 10.6. The number of ether oxygens (including phenoxy) is 3. The van der Waals surface area contributed by atoms with Gasteiger partial charge in [0.15, 0.2) is 28.7 Å². The van der Waals surface area contributed by atoms with Gasteiger partial charge in [-0.05, 0) is 30.7 Å². The third-order valence-electron chi connectivity index (χ3n) is 6.49. The van der Waals surface area contributed by atoms with Crippen LogP contribution in [-0.4, -0.2) is 54.9 Å². The largest absolute Gasteiger partial charge is 0.490 e. The number of hydrogen-bond donors (Lipinski definition) is 1. The molecule has 44 heavy (non-hydrogen) atoms. The lowest BCUT2D eigenvalue weighted by atomic mass is 10.1. The summed E-state index contributed by atoms with van der Waals surface area (Å²) in [7, 11) is 0. The first-order valence-corrected chi connectivity index (χ1v) is 13.9. The molecule has 4 aromatic rings. The highest BCUT2D eigenvalue weighted by Crippen LogP contribution is 2.26. The van der Waals surface area contributed by atoms with Crippen LogP contribution in [0.4, 0.5) is 0 Å². The Balaban J connectivity index is 1.41. The van der Waals surface area contributed by atoms with Gasteiger partial charge in [-0.25, -0.2) is 4.79 Å². The van der Waals surface area contributed by atoms with E-state index in [4.69, 9.17) is 18.3 Å². The number of aliphatic hydroxyl groups excluding tert-OH is 1. The number of aliphatic hydroxyl groups is 1. The smallest absolute Gasteiger partial charge is 0.374 e. The molecule has 0 radical (unpaired) electrons. The number of rotatable bonds is 16. The Morgan fingerprint density at radius 3 is 1.98 bits per heavy atom. The lowest BCUT2D eigenvalue weighted by Gasteiger charge is -2.15. The number of aldehydes is 1. The average Bonchev–Trinajstić information content (AvgIpc) is 3.02. The maximum atomic E-state index is 12.9. The summed E-state index contributed by atoms with van der Waals surface area (Å²) in [6.07, 6.45) is 1.23. The van der Waals surface area contributed by atoms with E-state index in [1.54, 1.807) is 6.07 Å². The number of Topliss-reactive ketones (excluding diaryl/α,β-unsaturated/α-hetero) is 2. The minimum atomic E-state index is -1.21. The highest BCUT2D eigenvalue weighted by molar-refractivity contribution is 5.97. The molecule has 12 heteroatoms. The zero-order valence-corrected chi connectivity index (χ0v) is 23.9. The molecule has 1 N–H and O–H groups in total. The Hall–Kier alpha value is -5.10. The molecule has 12 nitrogen and oxygen atoms in total. The van der Waals surface area contributed by atoms with Gasteiger partial charge in [0, 0.05) is 31.4 Å². The standard InChI is InChI=1S/C32H30O12/c1-2-3-6-19(34)11-12-21(36)28-15-22(37)30-24(7-4-9-26(30)43-28)41-17-20(35)18-42-25-8-5-10-27-31(25)23(38)16-29(44-27)32(39)40-14-13-33/h4-5,7-10,13,15-16,20,35H,2-3,6,11-12,14,17-18H2,1H3. The molecule has 0 spiro atoms. The molecule has 0 saturated carbocycles. The topological polar surface area (TPSA) is 177 Å². The van der Waals surface area contributed by atoms with Crippen LogP contribution < -0.4 is 20.3 Å². The normalized spacial score (nSPS) is 11.7. The molecule has 0 fully saturated rings. The van der Waals surface area contributed by atoms with Gasteiger partial charge < -0.3 is 28.2 Å². The first-order valence-electron chi connectivity index (χ1n) is 13.9. The van der Waals surface area contributed by atoms with Crippen LogP contribution in [-0.2, 0) is 14.3 Å². The van der Waals surface area contributed by atoms with Crippen molar-refractivity contribution in [3.63, 3.8) is 0 Å². The molecule has 0 amide bonds. The number of esters is 1. The van der Waals surface area contributed by atoms with E-state index in [0.29, 0.717) is 12.7 Å². The van der Waals surface area contributed by atoms with Crippen molar-refractivity contribution >= 4 is 45.8 Å². The Morgan fingerprint density at radius 2 is 1.41 bits per heavy atom. The summed E-state index contributed by atoms with van der Waals surface area (Å²) >= 11 is 0. The molecule has 2 heterocycles. The maximum Gasteiger partial charge on any atom is 0.374 e. The summed E-state index contributed by atoms with van der Waals surface area (Å²) in [5.41, 5.74) is -0.986. The highest BCUT2D eigenvalue weighted by Gasteiger charge is 2.19. The van der Waals surface area contributed by atoms with Crippen LogP contribution >= 0.6 is 0 Å². The second-order valence-electron chi connectivity index (χ2n) is 9.81. The monoisotopic (exact) mass is 606 g/mol. The van der Waals surface area contributed by atoms with E-state index in [1.165, 1.54) is 30.3 Å². The summed E-state index contributed by atoms with van der Waals surface area (Å²) in [6.45, 7) is 0.875. The molecule has 0 bridgehead atoms. The minimum Gasteiger partial charge on any atom is -0.490 e. The molecular weight excluding hydrogens is 576 g/mol. The van der Waals surface area contributed by atoms with Crippen molar-refractivity contribution in [3.05, 3.63) is 80.5 Å². The number of ketones is 2. The Labute approximate surface area is 250 Å². The zero-order chi connectivity index (χ0) is 31.6. The summed E-state index contributed by atoms with van der Waals surface area (Å²) in [4.78, 5) is 72.5. The number of hydrogen-bond acceptors (Lipinski definition) is 12. The van der Waals surface area contributed by atoms with Crippen LogP contribution in [0, 0.1) is 0 Å². The molecule has 230 valence electrons. The van der Waals surface area contributed by atoms with Crippen molar-refractivity contribution < 1.29 is 47.3 Å². The molecule has 0 aliphatic heterocycles. The molecule has 2 aromatic carbocycles. The third kappa shape index (κ3) is 7.84. The molecular formula is C32H30O12. The van der Waals surface area contributed by atoms with Gasteiger partial charge in [0.1, 0.15) is 65.1 Å². The maximum absolute atomic E-state index is 12.9. The van der Waals surface area contributed by atoms with Crippen LogP contribution in [0.3, 0.4) is 0 Å². The van der Waals surface area contributed by atoms with Crippen LogP contribution in [0.1, 0.15) is 60.1 Å². The molecule has 0 saturated heterocycles. The molecule has 0 aliphatic rings. The first-order chi connectivity index (χ1) is 21.2. The van der Waals surface area contributed by atoms with Gasteiger partial charge in [-0.15, -0.1) is 0 Å². The Morgan fingerprint density at radius 1 is 0.841 bits per heavy atom. The fourth-order valence-corrected chi connectivity index (χ4v) is 4.31. The van der Waals surface area contributed by atoms with Gasteiger partial charge in [-0.2, -0.15) is 0 Å². The van der Waals surface area contributed by atoms with Gasteiger partial charge in [-0.1, -0.05) is 25.5 Å². The van der Waals surface area contributed by atoms with Crippen LogP contribution in [0.5, 0.6) is 11.5 Å². The summed E-state index contributed by atoms with van der Waals surface area (Å²) in [5.74, 6) is -1.79. The van der Waals surface area contributed by atoms with Crippen molar-refractivity contribution in [1.82, 2.24) is 0 Å². The number of unbranched alkanes of at least 4 members (excludes halogenated alkanes) is 1. The van der Waals surface area contributed by atoms with E-state index in [2.05, 4.69) is 4.74 Å². The molecule has 4 rings (SSSR count). The fourth-order valence-electron chi connectivity index (χ4n) is 4.31. The van der Waals surface area contributed by atoms with Crippen LogP contribution in [0.15, 0.2) is 67.0 Å². The first kappa shape index (κ1) is 31.8. The van der Waals surface area contributed by atoms with E-state index in [9.17, 15) is 33.9 Å². The minimum absolute atomic E-state index is 0.0198. The number of benzene rings is 2. The fraction of sp³-hybridized carbons (Fsp3) is 0.312. The summed E-state index contributed by atoms with van der Waals surface area (Å²) < 4.78 is 27.1. The quantitative estimate of drug-likeness (QED) is 0.111. The number of carbonyl (C=O) groups excluding carboxylic acids is 4. The van der Waals surface area contributed by atoms with E-state index >= 15 is 0 Å². The number of carbonyl (C=O) groups is 4. The SMILES string of the molecule is CCCCC(=O)CCC(=O)c1cc(=O)c2c(OCC(O)COc3cccc4oc(C(=O)OCC=O)cc(=O)c34)cccc2o1. The second kappa shape index (κ2) is 14.9. The molecule has 0 aliphatic carbocycles. The van der Waals surface area contributed by atoms with Crippen molar-refractivity contribution in [2.24, 2.45) is 0 Å². The average molecular weight is 607 g/mol. The predicted octanol–water partition coefficient (Wildman–Crippen LogP) is 3.80. The van der Waals surface area contributed by atoms with E-state index in [0.717, 1.165) is 25.0 Å². The van der Waals surface area contributed by atoms with E-state index in [1.807, 2.05) is 6.92 Å². The van der Waals surface area contributed by atoms with Crippen LogP contribution in [0.25, 0.3) is 21.9 Å². The van der Waals surface area contributed by atoms with Crippen molar-refractivity contribution in [2.75, 3.05) is 19.8 Å². The van der Waals surface area contributed by atoms with Gasteiger partial charge in [-0.3, -0.25) is 24.0 Å².